The first-order valence-electron chi connectivity index (χ1n) is 9.16. The molecule has 148 valence electrons. The summed E-state index contributed by atoms with van der Waals surface area (Å²) in [7, 11) is 0. The van der Waals surface area contributed by atoms with E-state index >= 15 is 0 Å². The molecule has 0 aliphatic carbocycles. The van der Waals surface area contributed by atoms with Gasteiger partial charge in [-0.05, 0) is 36.8 Å². The predicted octanol–water partition coefficient (Wildman–Crippen LogP) is 3.94. The van der Waals surface area contributed by atoms with Gasteiger partial charge >= 0.3 is 5.97 Å². The van der Waals surface area contributed by atoms with E-state index in [1.807, 2.05) is 19.1 Å². The number of allylic oxidation sites excluding steroid dienone is 1. The molecule has 0 saturated carbocycles. The lowest BCUT2D eigenvalue weighted by molar-refractivity contribution is -0.136. The second kappa shape index (κ2) is 6.52. The van der Waals surface area contributed by atoms with Crippen LogP contribution < -0.4 is 5.32 Å². The minimum absolute atomic E-state index is 0.00472. The normalized spacial score (nSPS) is 18.3. The summed E-state index contributed by atoms with van der Waals surface area (Å²) in [6, 6.07) is 8.67. The van der Waals surface area contributed by atoms with E-state index in [0.717, 1.165) is 28.7 Å². The maximum absolute atomic E-state index is 14.6. The summed E-state index contributed by atoms with van der Waals surface area (Å²) in [6.07, 6.45) is 0. The number of fused-ring (bicyclic) bond motifs is 1. The fraction of sp³-hybridized carbons (Fsp3) is 0.136. The number of aryl methyl sites for hydroxylation is 1. The van der Waals surface area contributed by atoms with E-state index in [1.165, 1.54) is 6.07 Å². The number of cyclic esters (lactones) is 1. The fourth-order valence-corrected chi connectivity index (χ4v) is 3.99. The molecule has 8 heteroatoms. The average Bonchev–Trinajstić information content (AvgIpc) is 3.29. The van der Waals surface area contributed by atoms with Crippen molar-refractivity contribution in [2.45, 2.75) is 12.8 Å². The molecule has 2 aromatic carbocycles. The lowest BCUT2D eigenvalue weighted by Gasteiger charge is -2.27. The van der Waals surface area contributed by atoms with Gasteiger partial charge in [0.15, 0.2) is 0 Å². The zero-order chi connectivity index (χ0) is 21.0. The Balaban J connectivity index is 1.76. The summed E-state index contributed by atoms with van der Waals surface area (Å²) in [5, 5.41) is 11.0. The number of aromatic nitrogens is 2. The second-order valence-corrected chi connectivity index (χ2v) is 7.14. The summed E-state index contributed by atoms with van der Waals surface area (Å²) in [6.45, 7) is 9.65. The second-order valence-electron chi connectivity index (χ2n) is 7.14. The van der Waals surface area contributed by atoms with Gasteiger partial charge in [-0.1, -0.05) is 6.07 Å². The lowest BCUT2D eigenvalue weighted by atomic mass is 9.83. The first kappa shape index (κ1) is 18.1. The highest BCUT2D eigenvalue weighted by atomic mass is 19.1. The summed E-state index contributed by atoms with van der Waals surface area (Å²) in [5.74, 6) is -2.78. The van der Waals surface area contributed by atoms with Crippen LogP contribution in [-0.4, -0.2) is 22.8 Å². The van der Waals surface area contributed by atoms with Gasteiger partial charge < -0.3 is 10.1 Å². The Hall–Kier alpha value is -3.99. The molecule has 3 aromatic rings. The number of nitrogens with zero attached hydrogens (tertiary/aromatic N) is 2. The van der Waals surface area contributed by atoms with Gasteiger partial charge in [0.05, 0.1) is 40.7 Å². The lowest BCUT2D eigenvalue weighted by Crippen LogP contribution is -2.26. The number of carbonyl (C=O) groups is 1. The van der Waals surface area contributed by atoms with Crippen LogP contribution in [0.2, 0.25) is 0 Å². The van der Waals surface area contributed by atoms with Gasteiger partial charge in [-0.15, -0.1) is 0 Å². The topological polar surface area (TPSA) is 71.4 Å². The molecule has 0 bridgehead atoms. The third-order valence-corrected chi connectivity index (χ3v) is 5.42. The standard InChI is InChI=1S/C22H14F2N4O2/c1-10-14-7-11(3-6-16(14)28-27-10)18-19-17(9-30-22(19)29)26-20(21(18)25-2)13-5-4-12(23)8-15(13)24/h3-8,18,26H,9H2,1H3,(H,27,28). The van der Waals surface area contributed by atoms with Crippen molar-refractivity contribution in [1.82, 2.24) is 15.5 Å². The van der Waals surface area contributed by atoms with Crippen LogP contribution in [-0.2, 0) is 9.53 Å². The first-order chi connectivity index (χ1) is 14.5. The van der Waals surface area contributed by atoms with Crippen molar-refractivity contribution < 1.29 is 18.3 Å². The number of carbonyl (C=O) groups excluding carboxylic acids is 1. The van der Waals surface area contributed by atoms with E-state index in [9.17, 15) is 13.6 Å². The van der Waals surface area contributed by atoms with Crippen LogP contribution in [0, 0.1) is 25.1 Å². The molecule has 0 spiro atoms. The van der Waals surface area contributed by atoms with Gasteiger partial charge in [0, 0.05) is 17.0 Å². The van der Waals surface area contributed by atoms with Gasteiger partial charge in [0.1, 0.15) is 18.2 Å². The Morgan fingerprint density at radius 2 is 2.07 bits per heavy atom. The predicted molar refractivity (Wildman–Crippen MR) is 105 cm³/mol. The molecule has 0 saturated heterocycles. The highest BCUT2D eigenvalue weighted by Crippen LogP contribution is 2.44. The molecule has 2 aliphatic rings. The zero-order valence-corrected chi connectivity index (χ0v) is 15.7. The highest BCUT2D eigenvalue weighted by Gasteiger charge is 2.41. The Labute approximate surface area is 169 Å². The number of dihydropyridines is 1. The van der Waals surface area contributed by atoms with Crippen molar-refractivity contribution >= 4 is 22.6 Å². The molecule has 0 fully saturated rings. The first-order valence-corrected chi connectivity index (χ1v) is 9.16. The Kier molecular flexibility index (Phi) is 3.93. The number of halogens is 2. The van der Waals surface area contributed by atoms with Gasteiger partial charge in [0.2, 0.25) is 5.70 Å². The van der Waals surface area contributed by atoms with E-state index in [2.05, 4.69) is 20.4 Å². The van der Waals surface area contributed by atoms with E-state index in [1.54, 1.807) is 6.07 Å². The number of hydrogen-bond donors (Lipinski definition) is 2. The number of aromatic amines is 1. The number of rotatable bonds is 2. The van der Waals surface area contributed by atoms with Crippen molar-refractivity contribution in [3.05, 3.63) is 93.2 Å². The fourth-order valence-electron chi connectivity index (χ4n) is 3.99. The van der Waals surface area contributed by atoms with Crippen molar-refractivity contribution in [3.63, 3.8) is 0 Å². The van der Waals surface area contributed by atoms with Gasteiger partial charge in [-0.25, -0.2) is 18.4 Å². The molecule has 5 rings (SSSR count). The van der Waals surface area contributed by atoms with Gasteiger partial charge in [0.25, 0.3) is 0 Å². The largest absolute Gasteiger partial charge is 0.456 e. The zero-order valence-electron chi connectivity index (χ0n) is 15.7. The van der Waals surface area contributed by atoms with E-state index in [4.69, 9.17) is 11.3 Å². The molecule has 1 aromatic heterocycles. The maximum atomic E-state index is 14.6. The summed E-state index contributed by atoms with van der Waals surface area (Å²) < 4.78 is 33.2. The average molecular weight is 404 g/mol. The number of ether oxygens (including phenoxy) is 1. The van der Waals surface area contributed by atoms with Crippen molar-refractivity contribution in [3.8, 4) is 0 Å². The quantitative estimate of drug-likeness (QED) is 0.502. The smallest absolute Gasteiger partial charge is 0.335 e. The van der Waals surface area contributed by atoms with Crippen LogP contribution in [0.1, 0.15) is 22.7 Å². The number of benzene rings is 2. The minimum atomic E-state index is -0.798. The Morgan fingerprint density at radius 3 is 2.83 bits per heavy atom. The van der Waals surface area contributed by atoms with Crippen molar-refractivity contribution in [1.29, 1.82) is 0 Å². The molecular weight excluding hydrogens is 390 g/mol. The molecule has 30 heavy (non-hydrogen) atoms. The van der Waals surface area contributed by atoms with Gasteiger partial charge in [-0.2, -0.15) is 5.10 Å². The summed E-state index contributed by atoms with van der Waals surface area (Å²) in [4.78, 5) is 16.2. The van der Waals surface area contributed by atoms with E-state index in [0.29, 0.717) is 16.8 Å². The number of hydrogen-bond acceptors (Lipinski definition) is 4. The van der Waals surface area contributed by atoms with Crippen LogP contribution in [0.25, 0.3) is 21.4 Å². The molecular formula is C22H14F2N4O2. The van der Waals surface area contributed by atoms with Crippen molar-refractivity contribution in [2.75, 3.05) is 6.61 Å². The number of H-pyrrole nitrogens is 1. The van der Waals surface area contributed by atoms with Crippen molar-refractivity contribution in [2.24, 2.45) is 0 Å². The van der Waals surface area contributed by atoms with E-state index in [-0.39, 0.29) is 23.6 Å². The molecule has 1 unspecified atom stereocenters. The SMILES string of the molecule is [C-]#[N+]C1=C(c2ccc(F)cc2F)NC2=C(C(=O)OC2)C1c1ccc2[nH]nc(C)c2c1. The minimum Gasteiger partial charge on any atom is -0.456 e. The highest BCUT2D eigenvalue weighted by molar-refractivity contribution is 5.97. The Bertz CT molecular complexity index is 1350. The molecule has 2 aliphatic heterocycles. The monoisotopic (exact) mass is 404 g/mol. The molecule has 1 atom stereocenters. The Morgan fingerprint density at radius 1 is 1.23 bits per heavy atom. The van der Waals surface area contributed by atoms with Crippen LogP contribution in [0.5, 0.6) is 0 Å². The number of nitrogens with one attached hydrogen (secondary N) is 2. The van der Waals surface area contributed by atoms with Crippen LogP contribution >= 0.6 is 0 Å². The third-order valence-electron chi connectivity index (χ3n) is 5.42. The molecule has 2 N–H and O–H groups in total. The van der Waals surface area contributed by atoms with Crippen LogP contribution in [0.4, 0.5) is 8.78 Å². The molecule has 0 radical (unpaired) electrons. The van der Waals surface area contributed by atoms with Crippen LogP contribution in [0.3, 0.4) is 0 Å². The maximum Gasteiger partial charge on any atom is 0.335 e. The number of esters is 1. The molecule has 3 heterocycles. The molecule has 0 amide bonds. The van der Waals surface area contributed by atoms with Crippen LogP contribution in [0.15, 0.2) is 53.4 Å². The van der Waals surface area contributed by atoms with E-state index < -0.39 is 23.5 Å². The summed E-state index contributed by atoms with van der Waals surface area (Å²) in [5.41, 5.74) is 3.48. The van der Waals surface area contributed by atoms with Gasteiger partial charge in [-0.3, -0.25) is 5.10 Å². The molecule has 6 nitrogen and oxygen atoms in total. The third kappa shape index (κ3) is 2.59. The summed E-state index contributed by atoms with van der Waals surface area (Å²) >= 11 is 0.